The number of halogens is 1. The second kappa shape index (κ2) is 4.33. The average Bonchev–Trinajstić information content (AvgIpc) is 2.07. The van der Waals surface area contributed by atoms with Crippen molar-refractivity contribution >= 4 is 17.3 Å². The Morgan fingerprint density at radius 3 is 2.67 bits per heavy atom. The van der Waals surface area contributed by atoms with Gasteiger partial charge in [0, 0.05) is 0 Å². The zero-order valence-electron chi connectivity index (χ0n) is 6.89. The van der Waals surface area contributed by atoms with Gasteiger partial charge in [0.05, 0.1) is 10.7 Å². The number of anilines is 1. The molecule has 0 aliphatic carbocycles. The molecule has 0 saturated heterocycles. The molecule has 0 heterocycles. The maximum atomic E-state index is 5.76. The third kappa shape index (κ3) is 2.40. The Kier molecular flexibility index (Phi) is 3.38. The summed E-state index contributed by atoms with van der Waals surface area (Å²) < 4.78 is 0. The third-order valence-electron chi connectivity index (χ3n) is 1.73. The molecule has 0 aliphatic rings. The van der Waals surface area contributed by atoms with E-state index < -0.39 is 0 Å². The number of rotatable bonds is 3. The van der Waals surface area contributed by atoms with Crippen molar-refractivity contribution in [3.63, 3.8) is 0 Å². The van der Waals surface area contributed by atoms with Crippen LogP contribution in [-0.2, 0) is 6.42 Å². The van der Waals surface area contributed by atoms with Crippen LogP contribution in [0.1, 0.15) is 12.0 Å². The first kappa shape index (κ1) is 9.36. The minimum absolute atomic E-state index is 0.617. The molecular formula is C9H13ClN2. The van der Waals surface area contributed by atoms with Crippen molar-refractivity contribution in [2.24, 2.45) is 5.73 Å². The molecular weight excluding hydrogens is 172 g/mol. The van der Waals surface area contributed by atoms with Gasteiger partial charge in [0.1, 0.15) is 0 Å². The van der Waals surface area contributed by atoms with Crippen molar-refractivity contribution in [3.8, 4) is 0 Å². The standard InChI is InChI=1S/C9H13ClN2/c10-8-4-3-7(2-1-5-11)6-9(8)12/h3-4,6H,1-2,5,11-12H2. The SMILES string of the molecule is NCCCc1ccc(Cl)c(N)c1. The number of aryl methyl sites for hydroxylation is 1. The topological polar surface area (TPSA) is 52.0 Å². The molecule has 0 atom stereocenters. The van der Waals surface area contributed by atoms with Crippen LogP contribution in [0.2, 0.25) is 5.02 Å². The second-order valence-corrected chi connectivity index (χ2v) is 3.16. The highest BCUT2D eigenvalue weighted by molar-refractivity contribution is 6.33. The average molecular weight is 185 g/mol. The van der Waals surface area contributed by atoms with Crippen LogP contribution in [0, 0.1) is 0 Å². The Morgan fingerprint density at radius 1 is 1.33 bits per heavy atom. The Hall–Kier alpha value is -0.730. The lowest BCUT2D eigenvalue weighted by molar-refractivity contribution is 0.833. The van der Waals surface area contributed by atoms with Crippen molar-refractivity contribution in [1.29, 1.82) is 0 Å². The lowest BCUT2D eigenvalue weighted by Crippen LogP contribution is -2.00. The van der Waals surface area contributed by atoms with Gasteiger partial charge in [0.2, 0.25) is 0 Å². The normalized spacial score (nSPS) is 10.2. The van der Waals surface area contributed by atoms with Gasteiger partial charge in [-0.15, -0.1) is 0 Å². The van der Waals surface area contributed by atoms with Crippen molar-refractivity contribution < 1.29 is 0 Å². The zero-order valence-corrected chi connectivity index (χ0v) is 7.64. The highest BCUT2D eigenvalue weighted by Gasteiger charge is 1.97. The lowest BCUT2D eigenvalue weighted by atomic mass is 10.1. The molecule has 0 aromatic heterocycles. The summed E-state index contributed by atoms with van der Waals surface area (Å²) in [5.41, 5.74) is 12.9. The molecule has 12 heavy (non-hydrogen) atoms. The molecule has 0 spiro atoms. The van der Waals surface area contributed by atoms with Crippen LogP contribution in [0.5, 0.6) is 0 Å². The van der Waals surface area contributed by atoms with Crippen LogP contribution in [0.3, 0.4) is 0 Å². The first-order valence-electron chi connectivity index (χ1n) is 3.98. The van der Waals surface area contributed by atoms with Gasteiger partial charge in [-0.25, -0.2) is 0 Å². The number of hydrogen-bond acceptors (Lipinski definition) is 2. The number of nitrogen functional groups attached to an aromatic ring is 1. The van der Waals surface area contributed by atoms with Crippen LogP contribution < -0.4 is 11.5 Å². The van der Waals surface area contributed by atoms with E-state index in [2.05, 4.69) is 0 Å². The first-order chi connectivity index (χ1) is 5.74. The molecule has 0 saturated carbocycles. The summed E-state index contributed by atoms with van der Waals surface area (Å²) in [6, 6.07) is 5.70. The van der Waals surface area contributed by atoms with Gasteiger partial charge in [0.25, 0.3) is 0 Å². The fourth-order valence-electron chi connectivity index (χ4n) is 1.05. The van der Waals surface area contributed by atoms with Crippen LogP contribution in [0.4, 0.5) is 5.69 Å². The minimum Gasteiger partial charge on any atom is -0.398 e. The summed E-state index contributed by atoms with van der Waals surface area (Å²) in [6.07, 6.45) is 1.96. The molecule has 66 valence electrons. The van der Waals surface area contributed by atoms with Crippen LogP contribution in [-0.4, -0.2) is 6.54 Å². The van der Waals surface area contributed by atoms with E-state index in [-0.39, 0.29) is 0 Å². The van der Waals surface area contributed by atoms with Gasteiger partial charge >= 0.3 is 0 Å². The van der Waals surface area contributed by atoms with E-state index in [9.17, 15) is 0 Å². The van der Waals surface area contributed by atoms with Crippen LogP contribution in [0.25, 0.3) is 0 Å². The summed E-state index contributed by atoms with van der Waals surface area (Å²) in [7, 11) is 0. The second-order valence-electron chi connectivity index (χ2n) is 2.75. The number of benzene rings is 1. The summed E-state index contributed by atoms with van der Waals surface area (Å²) in [4.78, 5) is 0. The molecule has 0 aliphatic heterocycles. The predicted molar refractivity (Wildman–Crippen MR) is 53.2 cm³/mol. The molecule has 1 aromatic carbocycles. The fourth-order valence-corrected chi connectivity index (χ4v) is 1.17. The van der Waals surface area contributed by atoms with E-state index in [4.69, 9.17) is 23.1 Å². The maximum absolute atomic E-state index is 5.76. The maximum Gasteiger partial charge on any atom is 0.0635 e. The summed E-state index contributed by atoms with van der Waals surface area (Å²) in [5.74, 6) is 0. The lowest BCUT2D eigenvalue weighted by Gasteiger charge is -2.02. The van der Waals surface area contributed by atoms with E-state index >= 15 is 0 Å². The van der Waals surface area contributed by atoms with Gasteiger partial charge in [-0.05, 0) is 37.1 Å². The largest absolute Gasteiger partial charge is 0.398 e. The van der Waals surface area contributed by atoms with E-state index in [0.29, 0.717) is 17.3 Å². The smallest absolute Gasteiger partial charge is 0.0635 e. The van der Waals surface area contributed by atoms with Crippen molar-refractivity contribution in [1.82, 2.24) is 0 Å². The van der Waals surface area contributed by atoms with Gasteiger partial charge < -0.3 is 11.5 Å². The minimum atomic E-state index is 0.617. The van der Waals surface area contributed by atoms with Crippen LogP contribution >= 0.6 is 11.6 Å². The Bertz CT molecular complexity index is 261. The fraction of sp³-hybridized carbons (Fsp3) is 0.333. The molecule has 4 N–H and O–H groups in total. The van der Waals surface area contributed by atoms with Gasteiger partial charge in [0.15, 0.2) is 0 Å². The van der Waals surface area contributed by atoms with E-state index in [1.807, 2.05) is 18.2 Å². The molecule has 3 heteroatoms. The Morgan fingerprint density at radius 2 is 2.08 bits per heavy atom. The molecule has 0 radical (unpaired) electrons. The molecule has 1 rings (SSSR count). The number of hydrogen-bond donors (Lipinski definition) is 2. The molecule has 0 bridgehead atoms. The quantitative estimate of drug-likeness (QED) is 0.705. The highest BCUT2D eigenvalue weighted by atomic mass is 35.5. The highest BCUT2D eigenvalue weighted by Crippen LogP contribution is 2.19. The number of nitrogens with two attached hydrogens (primary N) is 2. The predicted octanol–water partition coefficient (Wildman–Crippen LogP) is 1.81. The third-order valence-corrected chi connectivity index (χ3v) is 2.07. The summed E-state index contributed by atoms with van der Waals surface area (Å²) in [6.45, 7) is 0.711. The monoisotopic (exact) mass is 184 g/mol. The van der Waals surface area contributed by atoms with Crippen LogP contribution in [0.15, 0.2) is 18.2 Å². The Balaban J connectivity index is 2.69. The first-order valence-corrected chi connectivity index (χ1v) is 4.36. The van der Waals surface area contributed by atoms with Crippen molar-refractivity contribution in [2.75, 3.05) is 12.3 Å². The Labute approximate surface area is 77.5 Å². The summed E-state index contributed by atoms with van der Waals surface area (Å²) in [5, 5.41) is 0.617. The zero-order chi connectivity index (χ0) is 8.97. The van der Waals surface area contributed by atoms with Gasteiger partial charge in [-0.1, -0.05) is 17.7 Å². The van der Waals surface area contributed by atoms with E-state index in [1.54, 1.807) is 0 Å². The van der Waals surface area contributed by atoms with E-state index in [0.717, 1.165) is 12.8 Å². The van der Waals surface area contributed by atoms with E-state index in [1.165, 1.54) is 5.56 Å². The van der Waals surface area contributed by atoms with Crippen molar-refractivity contribution in [3.05, 3.63) is 28.8 Å². The molecule has 1 aromatic rings. The molecule has 2 nitrogen and oxygen atoms in total. The summed E-state index contributed by atoms with van der Waals surface area (Å²) >= 11 is 5.76. The molecule has 0 fully saturated rings. The van der Waals surface area contributed by atoms with Gasteiger partial charge in [-0.3, -0.25) is 0 Å². The molecule has 0 amide bonds. The van der Waals surface area contributed by atoms with Gasteiger partial charge in [-0.2, -0.15) is 0 Å². The molecule has 0 unspecified atom stereocenters. The van der Waals surface area contributed by atoms with Crippen molar-refractivity contribution in [2.45, 2.75) is 12.8 Å².